The molecular weight excluding hydrogens is 166 g/mol. The summed E-state index contributed by atoms with van der Waals surface area (Å²) < 4.78 is 0. The molecule has 13 heavy (non-hydrogen) atoms. The smallest absolute Gasteiger partial charge is 0.304 e. The van der Waals surface area contributed by atoms with Crippen molar-refractivity contribution in [2.24, 2.45) is 5.92 Å². The Morgan fingerprint density at radius 3 is 3.00 bits per heavy atom. The molecule has 0 bridgehead atoms. The minimum Gasteiger partial charge on any atom is -0.481 e. The summed E-state index contributed by atoms with van der Waals surface area (Å²) in [6.45, 7) is 5.15. The summed E-state index contributed by atoms with van der Waals surface area (Å²) in [7, 11) is 0. The van der Waals surface area contributed by atoms with E-state index < -0.39 is 5.97 Å². The van der Waals surface area contributed by atoms with Crippen LogP contribution < -0.4 is 0 Å². The van der Waals surface area contributed by atoms with E-state index in [1.54, 1.807) is 0 Å². The molecule has 76 valence electrons. The van der Waals surface area contributed by atoms with Gasteiger partial charge in [-0.25, -0.2) is 0 Å². The summed E-state index contributed by atoms with van der Waals surface area (Å²) in [4.78, 5) is 12.6. The second-order valence-corrected chi connectivity index (χ2v) is 3.89. The lowest BCUT2D eigenvalue weighted by Crippen LogP contribution is -2.23. The number of likely N-dealkylation sites (tertiary alicyclic amines) is 1. The standard InChI is InChI=1S/C10H19NO2/c1-2-3-9-4-6-11(8-9)7-5-10(12)13/h9H,2-8H2,1H3,(H,12,13). The number of aliphatic carboxylic acids is 1. The molecule has 3 nitrogen and oxygen atoms in total. The van der Waals surface area contributed by atoms with Gasteiger partial charge in [-0.15, -0.1) is 0 Å². The highest BCUT2D eigenvalue weighted by atomic mass is 16.4. The van der Waals surface area contributed by atoms with Gasteiger partial charge in [0.25, 0.3) is 0 Å². The van der Waals surface area contributed by atoms with Crippen LogP contribution in [0.4, 0.5) is 0 Å². The Balaban J connectivity index is 2.13. The molecule has 0 saturated carbocycles. The minimum atomic E-state index is -0.682. The maximum absolute atomic E-state index is 10.3. The topological polar surface area (TPSA) is 40.5 Å². The Morgan fingerprint density at radius 1 is 1.62 bits per heavy atom. The van der Waals surface area contributed by atoms with Crippen LogP contribution in [0.1, 0.15) is 32.6 Å². The summed E-state index contributed by atoms with van der Waals surface area (Å²) >= 11 is 0. The van der Waals surface area contributed by atoms with Crippen molar-refractivity contribution in [3.8, 4) is 0 Å². The van der Waals surface area contributed by atoms with Crippen molar-refractivity contribution < 1.29 is 9.90 Å². The van der Waals surface area contributed by atoms with Crippen LogP contribution in [0.15, 0.2) is 0 Å². The highest BCUT2D eigenvalue weighted by Gasteiger charge is 2.21. The molecule has 1 heterocycles. The molecular formula is C10H19NO2. The summed E-state index contributed by atoms with van der Waals surface area (Å²) in [5.74, 6) is 0.137. The molecule has 0 radical (unpaired) electrons. The van der Waals surface area contributed by atoms with E-state index in [0.717, 1.165) is 25.6 Å². The number of rotatable bonds is 5. The van der Waals surface area contributed by atoms with Gasteiger partial charge in [-0.1, -0.05) is 13.3 Å². The maximum atomic E-state index is 10.3. The fourth-order valence-electron chi connectivity index (χ4n) is 2.01. The van der Waals surface area contributed by atoms with E-state index in [1.165, 1.54) is 19.3 Å². The lowest BCUT2D eigenvalue weighted by atomic mass is 10.0. The number of carbonyl (C=O) groups is 1. The van der Waals surface area contributed by atoms with Crippen LogP contribution in [0.2, 0.25) is 0 Å². The molecule has 1 atom stereocenters. The molecule has 0 aromatic heterocycles. The number of hydrogen-bond acceptors (Lipinski definition) is 2. The van der Waals surface area contributed by atoms with E-state index in [2.05, 4.69) is 11.8 Å². The molecule has 1 fully saturated rings. The van der Waals surface area contributed by atoms with Crippen LogP contribution >= 0.6 is 0 Å². The monoisotopic (exact) mass is 185 g/mol. The number of carboxylic acids is 1. The fraction of sp³-hybridized carbons (Fsp3) is 0.900. The van der Waals surface area contributed by atoms with Crippen LogP contribution in [0.5, 0.6) is 0 Å². The quantitative estimate of drug-likeness (QED) is 0.707. The van der Waals surface area contributed by atoms with Gasteiger partial charge in [0.05, 0.1) is 6.42 Å². The largest absolute Gasteiger partial charge is 0.481 e. The average Bonchev–Trinajstić information content (AvgIpc) is 2.50. The Kier molecular flexibility index (Phi) is 4.22. The summed E-state index contributed by atoms with van der Waals surface area (Å²) in [6, 6.07) is 0. The van der Waals surface area contributed by atoms with E-state index in [1.807, 2.05) is 0 Å². The predicted octanol–water partition coefficient (Wildman–Crippen LogP) is 1.58. The van der Waals surface area contributed by atoms with Crippen molar-refractivity contribution >= 4 is 5.97 Å². The van der Waals surface area contributed by atoms with Crippen molar-refractivity contribution in [3.05, 3.63) is 0 Å². The second kappa shape index (κ2) is 5.22. The zero-order chi connectivity index (χ0) is 9.68. The zero-order valence-corrected chi connectivity index (χ0v) is 8.33. The first kappa shape index (κ1) is 10.5. The van der Waals surface area contributed by atoms with Gasteiger partial charge in [0.15, 0.2) is 0 Å². The Bertz CT molecular complexity index is 170. The number of nitrogens with zero attached hydrogens (tertiary/aromatic N) is 1. The average molecular weight is 185 g/mol. The third-order valence-corrected chi connectivity index (χ3v) is 2.71. The second-order valence-electron chi connectivity index (χ2n) is 3.89. The van der Waals surface area contributed by atoms with Crippen LogP contribution in [-0.4, -0.2) is 35.6 Å². The van der Waals surface area contributed by atoms with Gasteiger partial charge in [0.1, 0.15) is 0 Å². The highest BCUT2D eigenvalue weighted by molar-refractivity contribution is 5.66. The van der Waals surface area contributed by atoms with Gasteiger partial charge in [-0.05, 0) is 25.3 Å². The van der Waals surface area contributed by atoms with Gasteiger partial charge in [-0.2, -0.15) is 0 Å². The van der Waals surface area contributed by atoms with Crippen LogP contribution in [0.25, 0.3) is 0 Å². The summed E-state index contributed by atoms with van der Waals surface area (Å²) in [5, 5.41) is 8.52. The summed E-state index contributed by atoms with van der Waals surface area (Å²) in [5.41, 5.74) is 0. The molecule has 3 heteroatoms. The van der Waals surface area contributed by atoms with Gasteiger partial charge in [0.2, 0.25) is 0 Å². The lowest BCUT2D eigenvalue weighted by molar-refractivity contribution is -0.137. The molecule has 0 aliphatic carbocycles. The highest BCUT2D eigenvalue weighted by Crippen LogP contribution is 2.20. The van der Waals surface area contributed by atoms with Crippen molar-refractivity contribution in [2.45, 2.75) is 32.6 Å². The molecule has 1 N–H and O–H groups in total. The van der Waals surface area contributed by atoms with E-state index in [-0.39, 0.29) is 0 Å². The third-order valence-electron chi connectivity index (χ3n) is 2.71. The molecule has 1 saturated heterocycles. The van der Waals surface area contributed by atoms with Gasteiger partial charge in [-0.3, -0.25) is 4.79 Å². The molecule has 1 aliphatic rings. The minimum absolute atomic E-state index is 0.291. The Labute approximate surface area is 79.7 Å². The normalized spacial score (nSPS) is 23.6. The lowest BCUT2D eigenvalue weighted by Gasteiger charge is -2.13. The van der Waals surface area contributed by atoms with Crippen LogP contribution in [0.3, 0.4) is 0 Å². The van der Waals surface area contributed by atoms with E-state index in [0.29, 0.717) is 6.42 Å². The van der Waals surface area contributed by atoms with E-state index >= 15 is 0 Å². The zero-order valence-electron chi connectivity index (χ0n) is 8.33. The van der Waals surface area contributed by atoms with Crippen molar-refractivity contribution in [2.75, 3.05) is 19.6 Å². The fourth-order valence-corrected chi connectivity index (χ4v) is 2.01. The number of carboxylic acid groups (broad SMARTS) is 1. The molecule has 1 aliphatic heterocycles. The Morgan fingerprint density at radius 2 is 2.38 bits per heavy atom. The third kappa shape index (κ3) is 3.77. The molecule has 1 unspecified atom stereocenters. The summed E-state index contributed by atoms with van der Waals surface area (Å²) in [6.07, 6.45) is 4.09. The van der Waals surface area contributed by atoms with Gasteiger partial charge >= 0.3 is 5.97 Å². The molecule has 0 spiro atoms. The van der Waals surface area contributed by atoms with Crippen LogP contribution in [-0.2, 0) is 4.79 Å². The van der Waals surface area contributed by atoms with Crippen LogP contribution in [0, 0.1) is 5.92 Å². The van der Waals surface area contributed by atoms with Crippen molar-refractivity contribution in [1.29, 1.82) is 0 Å². The molecule has 0 aromatic carbocycles. The van der Waals surface area contributed by atoms with Gasteiger partial charge < -0.3 is 10.0 Å². The first-order valence-corrected chi connectivity index (χ1v) is 5.16. The SMILES string of the molecule is CCCC1CCN(CCC(=O)O)C1. The molecule has 0 aromatic rings. The first-order chi connectivity index (χ1) is 6.22. The van der Waals surface area contributed by atoms with E-state index in [4.69, 9.17) is 5.11 Å². The van der Waals surface area contributed by atoms with Crippen molar-refractivity contribution in [3.63, 3.8) is 0 Å². The number of hydrogen-bond donors (Lipinski definition) is 1. The van der Waals surface area contributed by atoms with E-state index in [9.17, 15) is 4.79 Å². The first-order valence-electron chi connectivity index (χ1n) is 5.16. The molecule has 1 rings (SSSR count). The molecule has 0 amide bonds. The predicted molar refractivity (Wildman–Crippen MR) is 51.7 cm³/mol. The Hall–Kier alpha value is -0.570. The maximum Gasteiger partial charge on any atom is 0.304 e. The van der Waals surface area contributed by atoms with Gasteiger partial charge in [0, 0.05) is 13.1 Å². The van der Waals surface area contributed by atoms with Crippen molar-refractivity contribution in [1.82, 2.24) is 4.90 Å².